The monoisotopic (exact) mass is 579 g/mol. The Balaban J connectivity index is 4.08. The van der Waals surface area contributed by atoms with Gasteiger partial charge in [0.05, 0.1) is 47.5 Å². The van der Waals surface area contributed by atoms with Gasteiger partial charge in [-0.2, -0.15) is 0 Å². The molecule has 2 atom stereocenters. The summed E-state index contributed by atoms with van der Waals surface area (Å²) in [5, 5.41) is 0. The van der Waals surface area contributed by atoms with Crippen molar-refractivity contribution in [2.24, 2.45) is 0 Å². The van der Waals surface area contributed by atoms with Crippen LogP contribution in [0.2, 0.25) is 0 Å². The second-order valence-electron chi connectivity index (χ2n) is 11.6. The first kappa shape index (κ1) is 38.2. The van der Waals surface area contributed by atoms with Crippen LogP contribution in [0, 0.1) is 0 Å². The Labute approximate surface area is 238 Å². The molecule has 9 nitrogen and oxygen atoms in total. The van der Waals surface area contributed by atoms with Gasteiger partial charge in [-0.1, -0.05) is 90.4 Å². The molecule has 0 aromatic heterocycles. The SMILES string of the molecule is CCCCCCCCCCCCCCCCOCC(COP(=O)([O-])OCCC[N+](C)(C)C)OC(=O)CC(C)=O. The van der Waals surface area contributed by atoms with Crippen molar-refractivity contribution in [3.05, 3.63) is 0 Å². The minimum Gasteiger partial charge on any atom is -0.756 e. The lowest BCUT2D eigenvalue weighted by atomic mass is 10.0. The summed E-state index contributed by atoms with van der Waals surface area (Å²) in [7, 11) is 1.47. The van der Waals surface area contributed by atoms with Gasteiger partial charge in [0, 0.05) is 13.0 Å². The lowest BCUT2D eigenvalue weighted by Crippen LogP contribution is -2.35. The van der Waals surface area contributed by atoms with Gasteiger partial charge < -0.3 is 27.9 Å². The van der Waals surface area contributed by atoms with E-state index in [1.807, 2.05) is 21.1 Å². The van der Waals surface area contributed by atoms with Gasteiger partial charge in [0.25, 0.3) is 7.82 Å². The molecule has 0 aliphatic heterocycles. The number of Topliss-reactive ketones (excluding diaryl/α,β-unsaturated/α-hetero) is 1. The van der Waals surface area contributed by atoms with E-state index in [2.05, 4.69) is 6.92 Å². The number of carbonyl (C=O) groups is 2. The highest BCUT2D eigenvalue weighted by molar-refractivity contribution is 7.45. The summed E-state index contributed by atoms with van der Waals surface area (Å²) in [5.74, 6) is -1.07. The van der Waals surface area contributed by atoms with Crippen molar-refractivity contribution in [1.29, 1.82) is 0 Å². The second kappa shape index (κ2) is 23.8. The summed E-state index contributed by atoms with van der Waals surface area (Å²) in [6.07, 6.45) is 17.0. The number of rotatable bonds is 28. The molecule has 39 heavy (non-hydrogen) atoms. The fourth-order valence-corrected chi connectivity index (χ4v) is 4.86. The number of ether oxygens (including phenoxy) is 2. The Kier molecular flexibility index (Phi) is 23.3. The largest absolute Gasteiger partial charge is 0.756 e. The van der Waals surface area contributed by atoms with Crippen LogP contribution in [0.5, 0.6) is 0 Å². The Morgan fingerprint density at radius 2 is 1.26 bits per heavy atom. The van der Waals surface area contributed by atoms with Crippen LogP contribution in [0.15, 0.2) is 0 Å². The predicted octanol–water partition coefficient (Wildman–Crippen LogP) is 5.97. The number of unbranched alkanes of at least 4 members (excludes halogenated alkanes) is 13. The quantitative estimate of drug-likeness (QED) is 0.0366. The molecule has 0 N–H and O–H groups in total. The maximum absolute atomic E-state index is 12.1. The van der Waals surface area contributed by atoms with E-state index >= 15 is 0 Å². The Bertz CT molecular complexity index is 668. The molecule has 0 aliphatic carbocycles. The molecular formula is C29H58NO8P. The van der Waals surface area contributed by atoms with Crippen molar-refractivity contribution in [3.8, 4) is 0 Å². The van der Waals surface area contributed by atoms with Gasteiger partial charge in [0.1, 0.15) is 18.3 Å². The van der Waals surface area contributed by atoms with Crippen molar-refractivity contribution < 1.29 is 42.1 Å². The van der Waals surface area contributed by atoms with Gasteiger partial charge in [-0.15, -0.1) is 0 Å². The van der Waals surface area contributed by atoms with Crippen LogP contribution >= 0.6 is 7.82 Å². The first-order valence-corrected chi connectivity index (χ1v) is 16.6. The molecule has 0 amide bonds. The van der Waals surface area contributed by atoms with E-state index in [9.17, 15) is 19.0 Å². The highest BCUT2D eigenvalue weighted by Gasteiger charge is 2.20. The molecule has 232 valence electrons. The van der Waals surface area contributed by atoms with Gasteiger partial charge in [-0.05, 0) is 13.3 Å². The molecule has 0 saturated heterocycles. The van der Waals surface area contributed by atoms with E-state index in [0.29, 0.717) is 17.5 Å². The topological polar surface area (TPSA) is 111 Å². The third-order valence-corrected chi connectivity index (χ3v) is 7.24. The lowest BCUT2D eigenvalue weighted by molar-refractivity contribution is -0.870. The van der Waals surface area contributed by atoms with Crippen molar-refractivity contribution in [2.75, 3.05) is 54.1 Å². The molecule has 0 radical (unpaired) electrons. The zero-order valence-electron chi connectivity index (χ0n) is 25.6. The normalized spacial score (nSPS) is 14.2. The molecule has 0 fully saturated rings. The lowest BCUT2D eigenvalue weighted by Gasteiger charge is -2.27. The van der Waals surface area contributed by atoms with Crippen LogP contribution in [0.3, 0.4) is 0 Å². The first-order chi connectivity index (χ1) is 18.4. The standard InChI is InChI=1S/C29H58NO8P/c1-6-7-8-9-10-11-12-13-14-15-16-17-18-19-22-35-25-28(38-29(32)24-27(2)31)26-37-39(33,34)36-23-20-21-30(3,4)5/h28H,6-26H2,1-5H3. The average molecular weight is 580 g/mol. The van der Waals surface area contributed by atoms with Gasteiger partial charge in [-0.25, -0.2) is 0 Å². The van der Waals surface area contributed by atoms with Gasteiger partial charge >= 0.3 is 5.97 Å². The zero-order chi connectivity index (χ0) is 29.4. The summed E-state index contributed by atoms with van der Waals surface area (Å²) in [6, 6.07) is 0. The molecule has 0 bridgehead atoms. The Morgan fingerprint density at radius 3 is 1.74 bits per heavy atom. The summed E-state index contributed by atoms with van der Waals surface area (Å²) < 4.78 is 33.5. The van der Waals surface area contributed by atoms with Gasteiger partial charge in [0.15, 0.2) is 0 Å². The molecule has 0 aromatic carbocycles. The number of quaternary nitrogens is 1. The van der Waals surface area contributed by atoms with Gasteiger partial charge in [0.2, 0.25) is 0 Å². The van der Waals surface area contributed by atoms with E-state index < -0.39 is 26.5 Å². The van der Waals surface area contributed by atoms with Gasteiger partial charge in [-0.3, -0.25) is 14.2 Å². The van der Waals surface area contributed by atoms with E-state index in [4.69, 9.17) is 18.5 Å². The first-order valence-electron chi connectivity index (χ1n) is 15.1. The Hall–Kier alpha value is -0.830. The second-order valence-corrected chi connectivity index (χ2v) is 13.0. The summed E-state index contributed by atoms with van der Waals surface area (Å²) in [5.41, 5.74) is 0. The van der Waals surface area contributed by atoms with E-state index in [1.54, 1.807) is 0 Å². The minimum absolute atomic E-state index is 0.0103. The third-order valence-electron chi connectivity index (χ3n) is 6.28. The number of carbonyl (C=O) groups excluding carboxylic acids is 2. The van der Waals surface area contributed by atoms with Crippen LogP contribution in [0.25, 0.3) is 0 Å². The fourth-order valence-electron chi connectivity index (χ4n) is 4.09. The third kappa shape index (κ3) is 28.5. The number of phosphoric acid groups is 1. The van der Waals surface area contributed by atoms with Crippen molar-refractivity contribution in [2.45, 2.75) is 123 Å². The predicted molar refractivity (Wildman–Crippen MR) is 153 cm³/mol. The van der Waals surface area contributed by atoms with E-state index in [0.717, 1.165) is 25.8 Å². The molecule has 0 aromatic rings. The highest BCUT2D eigenvalue weighted by Crippen LogP contribution is 2.38. The molecule has 2 unspecified atom stereocenters. The molecule has 0 spiro atoms. The Morgan fingerprint density at radius 1 is 0.744 bits per heavy atom. The zero-order valence-corrected chi connectivity index (χ0v) is 26.5. The molecule has 0 rings (SSSR count). The van der Waals surface area contributed by atoms with Crippen molar-refractivity contribution in [1.82, 2.24) is 0 Å². The molecular weight excluding hydrogens is 521 g/mol. The van der Waals surface area contributed by atoms with Crippen LogP contribution < -0.4 is 4.89 Å². The van der Waals surface area contributed by atoms with E-state index in [1.165, 1.54) is 77.6 Å². The number of hydrogen-bond donors (Lipinski definition) is 0. The van der Waals surface area contributed by atoms with Crippen LogP contribution in [0.4, 0.5) is 0 Å². The molecule has 0 saturated carbocycles. The van der Waals surface area contributed by atoms with Crippen molar-refractivity contribution in [3.63, 3.8) is 0 Å². The summed E-state index contributed by atoms with van der Waals surface area (Å²) >= 11 is 0. The summed E-state index contributed by atoms with van der Waals surface area (Å²) in [4.78, 5) is 35.2. The number of ketones is 1. The highest BCUT2D eigenvalue weighted by atomic mass is 31.2. The smallest absolute Gasteiger partial charge is 0.313 e. The maximum atomic E-state index is 12.1. The van der Waals surface area contributed by atoms with Crippen LogP contribution in [-0.2, 0) is 32.7 Å². The minimum atomic E-state index is -4.55. The molecule has 0 aliphatic rings. The summed E-state index contributed by atoms with van der Waals surface area (Å²) in [6.45, 7) is 4.35. The van der Waals surface area contributed by atoms with E-state index in [-0.39, 0.29) is 25.4 Å². The van der Waals surface area contributed by atoms with Crippen LogP contribution in [0.1, 0.15) is 117 Å². The fraction of sp³-hybridized carbons (Fsp3) is 0.931. The number of hydrogen-bond acceptors (Lipinski definition) is 8. The number of nitrogens with zero attached hydrogens (tertiary/aromatic N) is 1. The average Bonchev–Trinajstić information content (AvgIpc) is 2.83. The van der Waals surface area contributed by atoms with Crippen molar-refractivity contribution >= 4 is 19.6 Å². The number of phosphoric ester groups is 1. The number of esters is 1. The molecule has 10 heteroatoms. The van der Waals surface area contributed by atoms with Crippen LogP contribution in [-0.4, -0.2) is 76.5 Å². The molecule has 0 heterocycles. The maximum Gasteiger partial charge on any atom is 0.313 e.